The topological polar surface area (TPSA) is 42.1 Å². The number of hydrogen-bond acceptors (Lipinski definition) is 2. The van der Waals surface area contributed by atoms with Crippen molar-refractivity contribution in [3.05, 3.63) is 102 Å². The Labute approximate surface area is 146 Å². The fourth-order valence-corrected chi connectivity index (χ4v) is 2.79. The standard InChI is InChI=1S/C22H19NO2/c1-4-8-17(5-2)25-18-13-11-16(12-14-18)21-15(3)23-20-10-7-6-9-19(20)22(21)24/h4-14H,1-2H2,3H3,(H,23,24)/b17-8+. The summed E-state index contributed by atoms with van der Waals surface area (Å²) in [5.41, 5.74) is 3.24. The van der Waals surface area contributed by atoms with Crippen molar-refractivity contribution >= 4 is 10.9 Å². The van der Waals surface area contributed by atoms with E-state index in [2.05, 4.69) is 18.1 Å². The van der Waals surface area contributed by atoms with Crippen LogP contribution in [0.25, 0.3) is 22.0 Å². The second-order valence-corrected chi connectivity index (χ2v) is 5.64. The van der Waals surface area contributed by atoms with Crippen LogP contribution >= 0.6 is 0 Å². The van der Waals surface area contributed by atoms with E-state index in [1.165, 1.54) is 0 Å². The number of nitrogens with one attached hydrogen (secondary N) is 1. The molecule has 2 aromatic carbocycles. The number of fused-ring (bicyclic) bond motifs is 1. The molecule has 3 rings (SSSR count). The Morgan fingerprint density at radius 3 is 2.48 bits per heavy atom. The van der Waals surface area contributed by atoms with Crippen LogP contribution < -0.4 is 10.2 Å². The van der Waals surface area contributed by atoms with Gasteiger partial charge in [0.2, 0.25) is 0 Å². The average molecular weight is 329 g/mol. The van der Waals surface area contributed by atoms with Gasteiger partial charge in [-0.1, -0.05) is 43.5 Å². The smallest absolute Gasteiger partial charge is 0.197 e. The number of ether oxygens (including phenoxy) is 1. The van der Waals surface area contributed by atoms with E-state index in [0.29, 0.717) is 22.5 Å². The molecule has 0 saturated carbocycles. The molecule has 0 bridgehead atoms. The van der Waals surface area contributed by atoms with Crippen molar-refractivity contribution in [2.24, 2.45) is 0 Å². The molecule has 0 saturated heterocycles. The maximum absolute atomic E-state index is 12.9. The maximum atomic E-state index is 12.9. The molecule has 0 fully saturated rings. The fraction of sp³-hybridized carbons (Fsp3) is 0.0455. The summed E-state index contributed by atoms with van der Waals surface area (Å²) >= 11 is 0. The van der Waals surface area contributed by atoms with Gasteiger partial charge in [0.25, 0.3) is 0 Å². The summed E-state index contributed by atoms with van der Waals surface area (Å²) in [4.78, 5) is 16.2. The van der Waals surface area contributed by atoms with Gasteiger partial charge < -0.3 is 9.72 Å². The summed E-state index contributed by atoms with van der Waals surface area (Å²) in [6.45, 7) is 9.27. The molecular weight excluding hydrogens is 310 g/mol. The van der Waals surface area contributed by atoms with Gasteiger partial charge in [-0.15, -0.1) is 0 Å². The van der Waals surface area contributed by atoms with Crippen LogP contribution in [0.1, 0.15) is 5.69 Å². The Morgan fingerprint density at radius 1 is 1.08 bits per heavy atom. The Kier molecular flexibility index (Phi) is 4.66. The van der Waals surface area contributed by atoms with Crippen LogP contribution in [0.3, 0.4) is 0 Å². The highest BCUT2D eigenvalue weighted by Gasteiger charge is 2.11. The first-order chi connectivity index (χ1) is 12.1. The molecule has 1 heterocycles. The van der Waals surface area contributed by atoms with Crippen LogP contribution in [-0.2, 0) is 0 Å². The Hall–Kier alpha value is -3.33. The third-order valence-corrected chi connectivity index (χ3v) is 3.96. The number of benzene rings is 2. The van der Waals surface area contributed by atoms with Crippen molar-refractivity contribution in [2.75, 3.05) is 0 Å². The first-order valence-electron chi connectivity index (χ1n) is 7.99. The summed E-state index contributed by atoms with van der Waals surface area (Å²) < 4.78 is 5.71. The molecule has 1 N–H and O–H groups in total. The van der Waals surface area contributed by atoms with Gasteiger partial charge in [-0.3, -0.25) is 4.79 Å². The number of pyridine rings is 1. The number of hydrogen-bond donors (Lipinski definition) is 1. The molecule has 3 nitrogen and oxygen atoms in total. The zero-order chi connectivity index (χ0) is 17.8. The van der Waals surface area contributed by atoms with Crippen LogP contribution in [0.15, 0.2) is 90.5 Å². The molecule has 1 aromatic heterocycles. The number of aryl methyl sites for hydroxylation is 1. The normalized spacial score (nSPS) is 11.3. The molecule has 0 spiro atoms. The number of para-hydroxylation sites is 1. The number of H-pyrrole nitrogens is 1. The van der Waals surface area contributed by atoms with Gasteiger partial charge in [-0.05, 0) is 48.9 Å². The number of aromatic nitrogens is 1. The fourth-order valence-electron chi connectivity index (χ4n) is 2.79. The van der Waals surface area contributed by atoms with Crippen molar-refractivity contribution in [3.63, 3.8) is 0 Å². The van der Waals surface area contributed by atoms with E-state index < -0.39 is 0 Å². The molecule has 3 aromatic rings. The summed E-state index contributed by atoms with van der Waals surface area (Å²) in [7, 11) is 0. The van der Waals surface area contributed by atoms with E-state index in [1.807, 2.05) is 55.5 Å². The Morgan fingerprint density at radius 2 is 1.80 bits per heavy atom. The monoisotopic (exact) mass is 329 g/mol. The first-order valence-corrected chi connectivity index (χ1v) is 7.99. The lowest BCUT2D eigenvalue weighted by molar-refractivity contribution is 0.445. The summed E-state index contributed by atoms with van der Waals surface area (Å²) in [6, 6.07) is 15.0. The van der Waals surface area contributed by atoms with E-state index in [1.54, 1.807) is 18.2 Å². The van der Waals surface area contributed by atoms with Crippen molar-refractivity contribution in [2.45, 2.75) is 6.92 Å². The average Bonchev–Trinajstić information content (AvgIpc) is 2.62. The van der Waals surface area contributed by atoms with Crippen LogP contribution in [0.5, 0.6) is 5.75 Å². The second-order valence-electron chi connectivity index (χ2n) is 5.64. The van der Waals surface area contributed by atoms with E-state index in [0.717, 1.165) is 16.8 Å². The van der Waals surface area contributed by atoms with E-state index in [9.17, 15) is 4.79 Å². The molecule has 0 amide bonds. The minimum atomic E-state index is 0.0267. The van der Waals surface area contributed by atoms with E-state index >= 15 is 0 Å². The second kappa shape index (κ2) is 7.05. The number of aromatic amines is 1. The third kappa shape index (κ3) is 3.31. The van der Waals surface area contributed by atoms with Crippen LogP contribution in [0, 0.1) is 6.92 Å². The predicted molar refractivity (Wildman–Crippen MR) is 104 cm³/mol. The molecule has 0 radical (unpaired) electrons. The zero-order valence-corrected chi connectivity index (χ0v) is 14.1. The highest BCUT2D eigenvalue weighted by Crippen LogP contribution is 2.24. The summed E-state index contributed by atoms with van der Waals surface area (Å²) in [5.74, 6) is 1.29. The zero-order valence-electron chi connectivity index (χ0n) is 14.1. The van der Waals surface area contributed by atoms with Crippen LogP contribution in [0.2, 0.25) is 0 Å². The molecule has 25 heavy (non-hydrogen) atoms. The van der Waals surface area contributed by atoms with Gasteiger partial charge in [-0.2, -0.15) is 0 Å². The van der Waals surface area contributed by atoms with Gasteiger partial charge in [0.15, 0.2) is 5.43 Å². The summed E-state index contributed by atoms with van der Waals surface area (Å²) in [5, 5.41) is 0.686. The van der Waals surface area contributed by atoms with Crippen molar-refractivity contribution in [3.8, 4) is 16.9 Å². The third-order valence-electron chi connectivity index (χ3n) is 3.96. The minimum absolute atomic E-state index is 0.0267. The van der Waals surface area contributed by atoms with Crippen LogP contribution in [-0.4, -0.2) is 4.98 Å². The quantitative estimate of drug-likeness (QED) is 0.520. The Bertz CT molecular complexity index is 1020. The van der Waals surface area contributed by atoms with Gasteiger partial charge in [0.05, 0.1) is 0 Å². The minimum Gasteiger partial charge on any atom is -0.457 e. The van der Waals surface area contributed by atoms with Crippen molar-refractivity contribution in [1.29, 1.82) is 0 Å². The Balaban J connectivity index is 2.02. The molecule has 124 valence electrons. The van der Waals surface area contributed by atoms with Gasteiger partial charge in [-0.25, -0.2) is 0 Å². The van der Waals surface area contributed by atoms with E-state index in [-0.39, 0.29) is 5.43 Å². The molecule has 0 aliphatic heterocycles. The first kappa shape index (κ1) is 16.5. The lowest BCUT2D eigenvalue weighted by Crippen LogP contribution is -2.09. The molecule has 0 unspecified atom stereocenters. The maximum Gasteiger partial charge on any atom is 0.197 e. The van der Waals surface area contributed by atoms with Gasteiger partial charge >= 0.3 is 0 Å². The molecule has 0 atom stereocenters. The molecule has 3 heteroatoms. The van der Waals surface area contributed by atoms with Gasteiger partial charge in [0, 0.05) is 22.2 Å². The SMILES string of the molecule is C=C/C=C(\C=C)Oc1ccc(-c2c(C)[nH]c3ccccc3c2=O)cc1. The molecular formula is C22H19NO2. The summed E-state index contributed by atoms with van der Waals surface area (Å²) in [6.07, 6.45) is 5.00. The molecule has 0 aliphatic carbocycles. The van der Waals surface area contributed by atoms with E-state index in [4.69, 9.17) is 4.74 Å². The highest BCUT2D eigenvalue weighted by molar-refractivity contribution is 5.84. The van der Waals surface area contributed by atoms with Gasteiger partial charge in [0.1, 0.15) is 11.5 Å². The lowest BCUT2D eigenvalue weighted by Gasteiger charge is -2.10. The lowest BCUT2D eigenvalue weighted by atomic mass is 10.0. The number of allylic oxidation sites excluding steroid dienone is 3. The largest absolute Gasteiger partial charge is 0.457 e. The molecule has 0 aliphatic rings. The number of rotatable bonds is 5. The van der Waals surface area contributed by atoms with Crippen molar-refractivity contribution in [1.82, 2.24) is 4.98 Å². The van der Waals surface area contributed by atoms with Crippen LogP contribution in [0.4, 0.5) is 0 Å². The predicted octanol–water partition coefficient (Wildman–Crippen LogP) is 5.14. The van der Waals surface area contributed by atoms with Crippen molar-refractivity contribution < 1.29 is 4.74 Å². The highest BCUT2D eigenvalue weighted by atomic mass is 16.5.